The van der Waals surface area contributed by atoms with Crippen molar-refractivity contribution in [2.24, 2.45) is 5.92 Å². The Morgan fingerprint density at radius 1 is 1.37 bits per heavy atom. The van der Waals surface area contributed by atoms with Crippen molar-refractivity contribution < 1.29 is 14.4 Å². The third-order valence-electron chi connectivity index (χ3n) is 2.84. The van der Waals surface area contributed by atoms with Crippen LogP contribution in [0.1, 0.15) is 19.3 Å². The van der Waals surface area contributed by atoms with Crippen LogP contribution in [0.15, 0.2) is 18.2 Å². The lowest BCUT2D eigenvalue weighted by Gasteiger charge is -2.09. The molecule has 2 rings (SSSR count). The van der Waals surface area contributed by atoms with Crippen molar-refractivity contribution in [3.8, 4) is 24.3 Å². The van der Waals surface area contributed by atoms with Crippen LogP contribution in [0.3, 0.4) is 0 Å². The molecule has 1 saturated carbocycles. The highest BCUT2D eigenvalue weighted by molar-refractivity contribution is 5.48. The number of hydrogen-bond acceptors (Lipinski definition) is 4. The van der Waals surface area contributed by atoms with Crippen molar-refractivity contribution in [2.75, 3.05) is 13.7 Å². The summed E-state index contributed by atoms with van der Waals surface area (Å²) >= 11 is 0. The van der Waals surface area contributed by atoms with Crippen LogP contribution in [-0.4, -0.2) is 18.6 Å². The van der Waals surface area contributed by atoms with Gasteiger partial charge >= 0.3 is 0 Å². The van der Waals surface area contributed by atoms with E-state index in [1.165, 1.54) is 32.1 Å². The summed E-state index contributed by atoms with van der Waals surface area (Å²) < 4.78 is 10.6. The zero-order chi connectivity index (χ0) is 14.3. The van der Waals surface area contributed by atoms with Gasteiger partial charge in [-0.1, -0.05) is 12.8 Å². The van der Waals surface area contributed by atoms with Gasteiger partial charge in [-0.15, -0.1) is 12.8 Å². The molecule has 0 heterocycles. The SMILES string of the molecule is C#C.COc1cc([N+](=O)[O-])ccc1OCCC1CC1. The number of terminal acetylenes is 1. The predicted molar refractivity (Wildman–Crippen MR) is 72.4 cm³/mol. The van der Waals surface area contributed by atoms with Gasteiger partial charge in [-0.2, -0.15) is 0 Å². The number of non-ortho nitro benzene ring substituents is 1. The third-order valence-corrected chi connectivity index (χ3v) is 2.84. The fourth-order valence-corrected chi connectivity index (χ4v) is 1.63. The molecule has 1 aliphatic carbocycles. The Labute approximate surface area is 112 Å². The molecule has 1 fully saturated rings. The van der Waals surface area contributed by atoms with Crippen LogP contribution in [0, 0.1) is 28.9 Å². The third kappa shape index (κ3) is 4.51. The molecule has 0 amide bonds. The number of rotatable bonds is 6. The van der Waals surface area contributed by atoms with E-state index < -0.39 is 4.92 Å². The van der Waals surface area contributed by atoms with Crippen LogP contribution in [0.5, 0.6) is 11.5 Å². The van der Waals surface area contributed by atoms with Gasteiger partial charge < -0.3 is 9.47 Å². The number of nitrogens with zero attached hydrogens (tertiary/aromatic N) is 1. The van der Waals surface area contributed by atoms with E-state index in [-0.39, 0.29) is 5.69 Å². The molecule has 5 nitrogen and oxygen atoms in total. The molecule has 0 saturated heterocycles. The zero-order valence-corrected chi connectivity index (χ0v) is 10.9. The maximum Gasteiger partial charge on any atom is 0.273 e. The van der Waals surface area contributed by atoms with E-state index in [0.29, 0.717) is 18.1 Å². The van der Waals surface area contributed by atoms with Crippen molar-refractivity contribution in [1.29, 1.82) is 0 Å². The van der Waals surface area contributed by atoms with Crippen molar-refractivity contribution in [1.82, 2.24) is 0 Å². The van der Waals surface area contributed by atoms with Gasteiger partial charge in [0.05, 0.1) is 24.7 Å². The summed E-state index contributed by atoms with van der Waals surface area (Å²) in [5.74, 6) is 1.78. The van der Waals surface area contributed by atoms with E-state index in [4.69, 9.17) is 9.47 Å². The van der Waals surface area contributed by atoms with Gasteiger partial charge in [0.2, 0.25) is 0 Å². The lowest BCUT2D eigenvalue weighted by atomic mass is 10.2. The molecule has 0 spiro atoms. The molecule has 1 aromatic carbocycles. The highest BCUT2D eigenvalue weighted by atomic mass is 16.6. The average Bonchev–Trinajstić information content (AvgIpc) is 3.25. The van der Waals surface area contributed by atoms with Gasteiger partial charge in [-0.3, -0.25) is 10.1 Å². The number of nitro benzene ring substituents is 1. The Bertz CT molecular complexity index is 452. The Morgan fingerprint density at radius 2 is 2.05 bits per heavy atom. The van der Waals surface area contributed by atoms with E-state index in [2.05, 4.69) is 12.8 Å². The normalized spacial score (nSPS) is 13.0. The molecule has 1 aliphatic rings. The molecule has 5 heteroatoms. The van der Waals surface area contributed by atoms with Crippen LogP contribution >= 0.6 is 0 Å². The summed E-state index contributed by atoms with van der Waals surface area (Å²) in [6.45, 7) is 0.638. The van der Waals surface area contributed by atoms with Crippen LogP contribution in [-0.2, 0) is 0 Å². The van der Waals surface area contributed by atoms with Gasteiger partial charge in [0.25, 0.3) is 5.69 Å². The van der Waals surface area contributed by atoms with Crippen LogP contribution < -0.4 is 9.47 Å². The van der Waals surface area contributed by atoms with Crippen LogP contribution in [0.25, 0.3) is 0 Å². The Hall–Kier alpha value is -2.22. The van der Waals surface area contributed by atoms with Gasteiger partial charge in [0, 0.05) is 6.07 Å². The summed E-state index contributed by atoms with van der Waals surface area (Å²) in [6, 6.07) is 4.39. The van der Waals surface area contributed by atoms with Crippen molar-refractivity contribution in [3.05, 3.63) is 28.3 Å². The largest absolute Gasteiger partial charge is 0.493 e. The smallest absolute Gasteiger partial charge is 0.273 e. The Balaban J connectivity index is 0.000000861. The highest BCUT2D eigenvalue weighted by Crippen LogP contribution is 2.34. The van der Waals surface area contributed by atoms with E-state index >= 15 is 0 Å². The standard InChI is InChI=1S/C12H15NO4.C2H2/c1-16-12-8-10(13(14)15)4-5-11(12)17-7-6-9-2-3-9;1-2/h4-5,8-9H,2-3,6-7H2,1H3;1-2H. The topological polar surface area (TPSA) is 61.6 Å². The van der Waals surface area contributed by atoms with Gasteiger partial charge in [-0.05, 0) is 18.4 Å². The number of benzene rings is 1. The average molecular weight is 263 g/mol. The molecule has 0 aromatic heterocycles. The first-order valence-corrected chi connectivity index (χ1v) is 5.99. The summed E-state index contributed by atoms with van der Waals surface area (Å²) in [7, 11) is 1.48. The lowest BCUT2D eigenvalue weighted by molar-refractivity contribution is -0.384. The number of hydrogen-bond donors (Lipinski definition) is 0. The molecule has 0 bridgehead atoms. The fourth-order valence-electron chi connectivity index (χ4n) is 1.63. The van der Waals surface area contributed by atoms with Gasteiger partial charge in [0.15, 0.2) is 11.5 Å². The molecule has 0 atom stereocenters. The first kappa shape index (κ1) is 14.8. The number of methoxy groups -OCH3 is 1. The Kier molecular flexibility index (Phi) is 5.68. The first-order valence-electron chi connectivity index (χ1n) is 5.99. The second-order valence-corrected chi connectivity index (χ2v) is 4.17. The monoisotopic (exact) mass is 263 g/mol. The molecular weight excluding hydrogens is 246 g/mol. The minimum absolute atomic E-state index is 0.0105. The van der Waals surface area contributed by atoms with E-state index in [0.717, 1.165) is 12.3 Å². The Morgan fingerprint density at radius 3 is 2.58 bits per heavy atom. The number of nitro groups is 1. The van der Waals surface area contributed by atoms with Gasteiger partial charge in [-0.25, -0.2) is 0 Å². The highest BCUT2D eigenvalue weighted by Gasteiger charge is 2.21. The summed E-state index contributed by atoms with van der Waals surface area (Å²) in [5, 5.41) is 10.6. The maximum absolute atomic E-state index is 10.6. The van der Waals surface area contributed by atoms with E-state index in [1.807, 2.05) is 0 Å². The van der Waals surface area contributed by atoms with E-state index in [9.17, 15) is 10.1 Å². The lowest BCUT2D eigenvalue weighted by Crippen LogP contribution is -2.00. The number of ether oxygens (including phenoxy) is 2. The minimum Gasteiger partial charge on any atom is -0.493 e. The van der Waals surface area contributed by atoms with Gasteiger partial charge in [0.1, 0.15) is 0 Å². The second kappa shape index (κ2) is 7.27. The second-order valence-electron chi connectivity index (χ2n) is 4.17. The molecule has 0 N–H and O–H groups in total. The minimum atomic E-state index is -0.448. The van der Waals surface area contributed by atoms with Crippen molar-refractivity contribution in [3.63, 3.8) is 0 Å². The molecule has 1 aromatic rings. The molecule has 0 aliphatic heterocycles. The maximum atomic E-state index is 10.6. The predicted octanol–water partition coefficient (Wildman–Crippen LogP) is 3.03. The molecule has 0 radical (unpaired) electrons. The van der Waals surface area contributed by atoms with Crippen molar-refractivity contribution in [2.45, 2.75) is 19.3 Å². The quantitative estimate of drug-likeness (QED) is 0.449. The summed E-state index contributed by atoms with van der Waals surface area (Å²) in [5.41, 5.74) is 0.0105. The van der Waals surface area contributed by atoms with E-state index in [1.54, 1.807) is 6.07 Å². The fraction of sp³-hybridized carbons (Fsp3) is 0.429. The summed E-state index contributed by atoms with van der Waals surface area (Å²) in [4.78, 5) is 10.2. The first-order chi connectivity index (χ1) is 9.20. The summed E-state index contributed by atoms with van der Waals surface area (Å²) in [6.07, 6.45) is 11.6. The molecule has 0 unspecified atom stereocenters. The molecule has 102 valence electrons. The van der Waals surface area contributed by atoms with Crippen molar-refractivity contribution >= 4 is 5.69 Å². The van der Waals surface area contributed by atoms with Crippen LogP contribution in [0.4, 0.5) is 5.69 Å². The molecular formula is C14H17NO4. The zero-order valence-electron chi connectivity index (χ0n) is 10.9. The molecule has 19 heavy (non-hydrogen) atoms. The van der Waals surface area contributed by atoms with Crippen LogP contribution in [0.2, 0.25) is 0 Å².